The molecular formula is C12H14N2O2. The minimum atomic E-state index is -0.170. The molecule has 0 atom stereocenters. The Bertz CT molecular complexity index is 379. The van der Waals surface area contributed by atoms with Gasteiger partial charge < -0.3 is 4.74 Å². The third-order valence-corrected chi connectivity index (χ3v) is 2.07. The lowest BCUT2D eigenvalue weighted by Crippen LogP contribution is -2.04. The molecule has 4 heteroatoms. The van der Waals surface area contributed by atoms with Gasteiger partial charge in [-0.1, -0.05) is 0 Å². The lowest BCUT2D eigenvalue weighted by molar-refractivity contribution is -0.143. The maximum atomic E-state index is 11.0. The van der Waals surface area contributed by atoms with Crippen LogP contribution in [0.5, 0.6) is 0 Å². The molecule has 84 valence electrons. The van der Waals surface area contributed by atoms with E-state index in [0.717, 1.165) is 18.5 Å². The maximum absolute atomic E-state index is 11.0. The van der Waals surface area contributed by atoms with Gasteiger partial charge in [-0.2, -0.15) is 5.26 Å². The minimum Gasteiger partial charge on any atom is -0.466 e. The summed E-state index contributed by atoms with van der Waals surface area (Å²) in [5.74, 6) is -0.170. The SMILES string of the molecule is CCOC(=O)CCCc1ccc(C#N)cn1. The summed E-state index contributed by atoms with van der Waals surface area (Å²) in [6, 6.07) is 5.55. The fourth-order valence-corrected chi connectivity index (χ4v) is 1.29. The zero-order valence-corrected chi connectivity index (χ0v) is 9.27. The van der Waals surface area contributed by atoms with Crippen molar-refractivity contribution in [2.24, 2.45) is 0 Å². The Morgan fingerprint density at radius 1 is 1.56 bits per heavy atom. The predicted octanol–water partition coefficient (Wildman–Crippen LogP) is 1.84. The second kappa shape index (κ2) is 6.57. The Hall–Kier alpha value is -1.89. The van der Waals surface area contributed by atoms with E-state index in [2.05, 4.69) is 4.98 Å². The van der Waals surface area contributed by atoms with E-state index in [1.54, 1.807) is 19.2 Å². The fraction of sp³-hybridized carbons (Fsp3) is 0.417. The number of rotatable bonds is 5. The highest BCUT2D eigenvalue weighted by Crippen LogP contribution is 2.04. The highest BCUT2D eigenvalue weighted by atomic mass is 16.5. The zero-order valence-electron chi connectivity index (χ0n) is 9.27. The highest BCUT2D eigenvalue weighted by Gasteiger charge is 2.02. The average molecular weight is 218 g/mol. The Kier molecular flexibility index (Phi) is 5.00. The predicted molar refractivity (Wildman–Crippen MR) is 58.5 cm³/mol. The van der Waals surface area contributed by atoms with Crippen LogP contribution in [-0.4, -0.2) is 17.6 Å². The normalized spacial score (nSPS) is 9.50. The van der Waals surface area contributed by atoms with Crippen molar-refractivity contribution >= 4 is 5.97 Å². The van der Waals surface area contributed by atoms with Crippen molar-refractivity contribution in [3.05, 3.63) is 29.6 Å². The van der Waals surface area contributed by atoms with E-state index in [1.165, 1.54) is 0 Å². The van der Waals surface area contributed by atoms with E-state index in [-0.39, 0.29) is 5.97 Å². The number of nitrogens with zero attached hydrogens (tertiary/aromatic N) is 2. The number of aryl methyl sites for hydroxylation is 1. The summed E-state index contributed by atoms with van der Waals surface area (Å²) in [6.45, 7) is 2.22. The number of carbonyl (C=O) groups excluding carboxylic acids is 1. The molecule has 1 rings (SSSR count). The maximum Gasteiger partial charge on any atom is 0.305 e. The van der Waals surface area contributed by atoms with Crippen LogP contribution in [0.4, 0.5) is 0 Å². The quantitative estimate of drug-likeness (QED) is 0.707. The third-order valence-electron chi connectivity index (χ3n) is 2.07. The Morgan fingerprint density at radius 2 is 2.38 bits per heavy atom. The van der Waals surface area contributed by atoms with Crippen molar-refractivity contribution in [1.29, 1.82) is 5.26 Å². The van der Waals surface area contributed by atoms with Gasteiger partial charge in [-0.05, 0) is 31.9 Å². The summed E-state index contributed by atoms with van der Waals surface area (Å²) >= 11 is 0. The zero-order chi connectivity index (χ0) is 11.8. The van der Waals surface area contributed by atoms with Crippen molar-refractivity contribution in [3.8, 4) is 6.07 Å². The van der Waals surface area contributed by atoms with Gasteiger partial charge in [0, 0.05) is 18.3 Å². The average Bonchev–Trinajstić information content (AvgIpc) is 2.30. The molecule has 1 aromatic rings. The first-order chi connectivity index (χ1) is 7.76. The summed E-state index contributed by atoms with van der Waals surface area (Å²) < 4.78 is 4.81. The molecule has 0 aromatic carbocycles. The van der Waals surface area contributed by atoms with Gasteiger partial charge in [-0.25, -0.2) is 0 Å². The molecule has 16 heavy (non-hydrogen) atoms. The molecule has 0 fully saturated rings. The van der Waals surface area contributed by atoms with E-state index >= 15 is 0 Å². The monoisotopic (exact) mass is 218 g/mol. The minimum absolute atomic E-state index is 0.170. The van der Waals surface area contributed by atoms with E-state index in [9.17, 15) is 4.79 Å². The fourth-order valence-electron chi connectivity index (χ4n) is 1.29. The number of hydrogen-bond acceptors (Lipinski definition) is 4. The first-order valence-corrected chi connectivity index (χ1v) is 5.27. The van der Waals surface area contributed by atoms with Crippen molar-refractivity contribution in [2.45, 2.75) is 26.2 Å². The van der Waals surface area contributed by atoms with Crippen LogP contribution >= 0.6 is 0 Å². The molecule has 0 amide bonds. The Labute approximate surface area is 94.9 Å². The van der Waals surface area contributed by atoms with Crippen molar-refractivity contribution in [1.82, 2.24) is 4.98 Å². The standard InChI is InChI=1S/C12H14N2O2/c1-2-16-12(15)5-3-4-11-7-6-10(8-13)9-14-11/h6-7,9H,2-5H2,1H3. The van der Waals surface area contributed by atoms with E-state index in [0.29, 0.717) is 18.6 Å². The van der Waals surface area contributed by atoms with Gasteiger partial charge >= 0.3 is 5.97 Å². The van der Waals surface area contributed by atoms with Crippen LogP contribution in [-0.2, 0) is 16.0 Å². The Morgan fingerprint density at radius 3 is 2.94 bits per heavy atom. The van der Waals surface area contributed by atoms with E-state index in [4.69, 9.17) is 10.00 Å². The number of carbonyl (C=O) groups is 1. The summed E-state index contributed by atoms with van der Waals surface area (Å²) in [5.41, 5.74) is 1.44. The molecule has 0 aliphatic carbocycles. The molecule has 1 heterocycles. The van der Waals surface area contributed by atoms with Crippen LogP contribution in [0.15, 0.2) is 18.3 Å². The van der Waals surface area contributed by atoms with Crippen LogP contribution in [0.25, 0.3) is 0 Å². The molecule has 4 nitrogen and oxygen atoms in total. The molecule has 0 aliphatic rings. The van der Waals surface area contributed by atoms with Crippen LogP contribution in [0.3, 0.4) is 0 Å². The van der Waals surface area contributed by atoms with Crippen LogP contribution in [0, 0.1) is 11.3 Å². The number of nitriles is 1. The number of pyridine rings is 1. The molecule has 0 saturated heterocycles. The van der Waals surface area contributed by atoms with Gasteiger partial charge in [-0.3, -0.25) is 9.78 Å². The summed E-state index contributed by atoms with van der Waals surface area (Å²) in [4.78, 5) is 15.2. The second-order valence-corrected chi connectivity index (χ2v) is 3.31. The molecule has 0 unspecified atom stereocenters. The van der Waals surface area contributed by atoms with Crippen LogP contribution in [0.1, 0.15) is 31.0 Å². The summed E-state index contributed by atoms with van der Waals surface area (Å²) in [7, 11) is 0. The Balaban J connectivity index is 2.32. The van der Waals surface area contributed by atoms with E-state index in [1.807, 2.05) is 12.1 Å². The van der Waals surface area contributed by atoms with Crippen molar-refractivity contribution in [2.75, 3.05) is 6.61 Å². The smallest absolute Gasteiger partial charge is 0.305 e. The summed E-state index contributed by atoms with van der Waals surface area (Å²) in [5, 5.41) is 8.59. The first kappa shape index (κ1) is 12.2. The van der Waals surface area contributed by atoms with Gasteiger partial charge in [0.05, 0.1) is 12.2 Å². The lowest BCUT2D eigenvalue weighted by atomic mass is 10.1. The number of hydrogen-bond donors (Lipinski definition) is 0. The summed E-state index contributed by atoms with van der Waals surface area (Å²) in [6.07, 6.45) is 3.40. The lowest BCUT2D eigenvalue weighted by Gasteiger charge is -2.01. The van der Waals surface area contributed by atoms with Gasteiger partial charge in [0.15, 0.2) is 0 Å². The van der Waals surface area contributed by atoms with Crippen LogP contribution in [0.2, 0.25) is 0 Å². The number of aromatic nitrogens is 1. The largest absolute Gasteiger partial charge is 0.466 e. The first-order valence-electron chi connectivity index (χ1n) is 5.27. The molecule has 0 spiro atoms. The molecule has 0 bridgehead atoms. The third kappa shape index (κ3) is 4.09. The number of ether oxygens (including phenoxy) is 1. The van der Waals surface area contributed by atoms with Crippen molar-refractivity contribution < 1.29 is 9.53 Å². The molecule has 0 radical (unpaired) electrons. The molecule has 0 saturated carbocycles. The van der Waals surface area contributed by atoms with Gasteiger partial charge in [0.2, 0.25) is 0 Å². The molecule has 0 aliphatic heterocycles. The highest BCUT2D eigenvalue weighted by molar-refractivity contribution is 5.69. The van der Waals surface area contributed by atoms with E-state index < -0.39 is 0 Å². The van der Waals surface area contributed by atoms with Gasteiger partial charge in [0.1, 0.15) is 6.07 Å². The molecule has 1 aromatic heterocycles. The molecular weight excluding hydrogens is 204 g/mol. The topological polar surface area (TPSA) is 63.0 Å². The van der Waals surface area contributed by atoms with Crippen LogP contribution < -0.4 is 0 Å². The van der Waals surface area contributed by atoms with Gasteiger partial charge in [0.25, 0.3) is 0 Å². The van der Waals surface area contributed by atoms with Gasteiger partial charge in [-0.15, -0.1) is 0 Å². The van der Waals surface area contributed by atoms with Crippen molar-refractivity contribution in [3.63, 3.8) is 0 Å². The molecule has 0 N–H and O–H groups in total. The number of esters is 1. The second-order valence-electron chi connectivity index (χ2n) is 3.31.